The van der Waals surface area contributed by atoms with Gasteiger partial charge in [0.25, 0.3) is 5.91 Å². The van der Waals surface area contributed by atoms with Gasteiger partial charge in [-0.15, -0.1) is 11.6 Å². The zero-order valence-electron chi connectivity index (χ0n) is 10.9. The number of anilines is 1. The molecule has 0 atom stereocenters. The van der Waals surface area contributed by atoms with Gasteiger partial charge in [0, 0.05) is 5.69 Å². The van der Waals surface area contributed by atoms with Crippen LogP contribution in [-0.4, -0.2) is 17.6 Å². The molecule has 1 heterocycles. The van der Waals surface area contributed by atoms with E-state index in [2.05, 4.69) is 10.3 Å². The van der Waals surface area contributed by atoms with Gasteiger partial charge < -0.3 is 15.5 Å². The third-order valence-corrected chi connectivity index (χ3v) is 2.97. The predicted octanol–water partition coefficient (Wildman–Crippen LogP) is 3.07. The molecule has 2 rings (SSSR count). The van der Waals surface area contributed by atoms with Crippen molar-refractivity contribution < 1.29 is 9.21 Å². The highest BCUT2D eigenvalue weighted by Crippen LogP contribution is 2.26. The first-order valence-corrected chi connectivity index (χ1v) is 6.48. The van der Waals surface area contributed by atoms with Crippen LogP contribution in [0.1, 0.15) is 16.1 Å². The number of amidine groups is 1. The first kappa shape index (κ1) is 14.1. The second kappa shape index (κ2) is 6.25. The van der Waals surface area contributed by atoms with Gasteiger partial charge in [-0.3, -0.25) is 4.79 Å². The molecule has 0 fully saturated rings. The summed E-state index contributed by atoms with van der Waals surface area (Å²) in [7, 11) is 0. The van der Waals surface area contributed by atoms with Crippen molar-refractivity contribution in [3.05, 3.63) is 47.9 Å². The molecule has 1 amide bonds. The summed E-state index contributed by atoms with van der Waals surface area (Å²) in [6, 6.07) is 8.62. The molecule has 0 saturated carbocycles. The van der Waals surface area contributed by atoms with E-state index in [0.29, 0.717) is 17.2 Å². The van der Waals surface area contributed by atoms with Crippen LogP contribution < -0.4 is 11.1 Å². The van der Waals surface area contributed by atoms with Crippen molar-refractivity contribution in [3.63, 3.8) is 0 Å². The minimum Gasteiger partial charge on any atom is -0.459 e. The number of nitrogens with two attached hydrogens (primary N) is 1. The summed E-state index contributed by atoms with van der Waals surface area (Å²) in [5, 5.41) is 2.77. The number of amides is 1. The molecule has 0 aliphatic heterocycles. The largest absolute Gasteiger partial charge is 0.459 e. The summed E-state index contributed by atoms with van der Waals surface area (Å²) in [4.78, 5) is 16.1. The van der Waals surface area contributed by atoms with E-state index < -0.39 is 0 Å². The van der Waals surface area contributed by atoms with Crippen molar-refractivity contribution in [3.8, 4) is 0 Å². The number of furan rings is 1. The van der Waals surface area contributed by atoms with E-state index in [4.69, 9.17) is 21.8 Å². The Morgan fingerprint density at radius 3 is 2.85 bits per heavy atom. The lowest BCUT2D eigenvalue weighted by molar-refractivity contribution is 0.0996. The first-order chi connectivity index (χ1) is 9.61. The molecule has 0 saturated heterocycles. The maximum Gasteiger partial charge on any atom is 0.291 e. The Morgan fingerprint density at radius 2 is 2.20 bits per heavy atom. The van der Waals surface area contributed by atoms with Crippen LogP contribution in [0.4, 0.5) is 11.4 Å². The summed E-state index contributed by atoms with van der Waals surface area (Å²) >= 11 is 5.61. The van der Waals surface area contributed by atoms with Crippen molar-refractivity contribution in [2.45, 2.75) is 6.92 Å². The summed E-state index contributed by atoms with van der Waals surface area (Å²) in [5.41, 5.74) is 7.74. The van der Waals surface area contributed by atoms with Gasteiger partial charge in [0.05, 0.1) is 17.8 Å². The molecule has 0 aliphatic rings. The first-order valence-electron chi connectivity index (χ1n) is 5.95. The molecule has 0 aliphatic carbocycles. The second-order valence-corrected chi connectivity index (χ2v) is 4.39. The lowest BCUT2D eigenvalue weighted by Gasteiger charge is -2.09. The molecule has 0 bridgehead atoms. The zero-order chi connectivity index (χ0) is 14.5. The smallest absolute Gasteiger partial charge is 0.291 e. The van der Waals surface area contributed by atoms with E-state index >= 15 is 0 Å². The molecule has 5 nitrogen and oxygen atoms in total. The molecule has 1 aromatic heterocycles. The number of carbonyl (C=O) groups is 1. The third-order valence-electron chi connectivity index (χ3n) is 2.70. The van der Waals surface area contributed by atoms with E-state index in [-0.39, 0.29) is 17.5 Å². The SMILES string of the molecule is Cc1c(N=C(N)CCl)cccc1NC(=O)c1ccco1. The number of hydrogen-bond donors (Lipinski definition) is 2. The molecule has 3 N–H and O–H groups in total. The lowest BCUT2D eigenvalue weighted by Crippen LogP contribution is -2.13. The molecule has 2 aromatic rings. The maximum absolute atomic E-state index is 11.9. The average Bonchev–Trinajstić information content (AvgIpc) is 2.97. The molecular weight excluding hydrogens is 278 g/mol. The van der Waals surface area contributed by atoms with Gasteiger partial charge in [-0.25, -0.2) is 4.99 Å². The number of carbonyl (C=O) groups excluding carboxylic acids is 1. The molecule has 0 unspecified atom stereocenters. The molecule has 1 aromatic carbocycles. The van der Waals surface area contributed by atoms with Crippen molar-refractivity contribution in [2.24, 2.45) is 10.7 Å². The number of aliphatic imine (C=N–C) groups is 1. The van der Waals surface area contributed by atoms with Crippen LogP contribution >= 0.6 is 11.6 Å². The summed E-state index contributed by atoms with van der Waals surface area (Å²) in [6.45, 7) is 1.85. The van der Waals surface area contributed by atoms with Crippen LogP contribution in [-0.2, 0) is 0 Å². The third kappa shape index (κ3) is 3.19. The Hall–Kier alpha value is -2.27. The summed E-state index contributed by atoms with van der Waals surface area (Å²) in [6.07, 6.45) is 1.45. The van der Waals surface area contributed by atoms with E-state index in [0.717, 1.165) is 5.56 Å². The number of nitrogens with zero attached hydrogens (tertiary/aromatic N) is 1. The van der Waals surface area contributed by atoms with Gasteiger partial charge in [0.2, 0.25) is 0 Å². The van der Waals surface area contributed by atoms with E-state index in [1.54, 1.807) is 30.3 Å². The Balaban J connectivity index is 2.25. The van der Waals surface area contributed by atoms with Crippen molar-refractivity contribution >= 4 is 34.7 Å². The minimum absolute atomic E-state index is 0.155. The fourth-order valence-corrected chi connectivity index (χ4v) is 1.72. The van der Waals surface area contributed by atoms with Crippen LogP contribution in [0.5, 0.6) is 0 Å². The van der Waals surface area contributed by atoms with Crippen LogP contribution in [0.15, 0.2) is 46.0 Å². The second-order valence-electron chi connectivity index (χ2n) is 4.12. The number of alkyl halides is 1. The monoisotopic (exact) mass is 291 g/mol. The van der Waals surface area contributed by atoms with Crippen molar-refractivity contribution in [1.29, 1.82) is 0 Å². The van der Waals surface area contributed by atoms with Gasteiger partial charge in [-0.1, -0.05) is 6.07 Å². The Bertz CT molecular complexity index is 636. The van der Waals surface area contributed by atoms with E-state index in [1.807, 2.05) is 6.92 Å². The quantitative estimate of drug-likeness (QED) is 0.516. The molecule has 20 heavy (non-hydrogen) atoms. The lowest BCUT2D eigenvalue weighted by atomic mass is 10.1. The molecule has 0 spiro atoms. The van der Waals surface area contributed by atoms with Gasteiger partial charge in [0.1, 0.15) is 5.84 Å². The number of nitrogens with one attached hydrogen (secondary N) is 1. The Morgan fingerprint density at radius 1 is 1.40 bits per heavy atom. The highest BCUT2D eigenvalue weighted by atomic mass is 35.5. The standard InChI is InChI=1S/C14H14ClN3O2/c1-9-10(17-13(16)8-15)4-2-5-11(9)18-14(19)12-6-3-7-20-12/h2-7H,8H2,1H3,(H2,16,17)(H,18,19). The summed E-state index contributed by atoms with van der Waals surface area (Å²) in [5.74, 6) is 0.412. The van der Waals surface area contributed by atoms with Gasteiger partial charge in [0.15, 0.2) is 5.76 Å². The fraction of sp³-hybridized carbons (Fsp3) is 0.143. The number of rotatable bonds is 4. The van der Waals surface area contributed by atoms with Crippen LogP contribution in [0.25, 0.3) is 0 Å². The topological polar surface area (TPSA) is 80.6 Å². The van der Waals surface area contributed by atoms with Crippen LogP contribution in [0, 0.1) is 6.92 Å². The molecular formula is C14H14ClN3O2. The number of benzene rings is 1. The zero-order valence-corrected chi connectivity index (χ0v) is 11.6. The highest BCUT2D eigenvalue weighted by Gasteiger charge is 2.11. The van der Waals surface area contributed by atoms with Crippen LogP contribution in [0.2, 0.25) is 0 Å². The molecule has 6 heteroatoms. The Kier molecular flexibility index (Phi) is 4.42. The average molecular weight is 292 g/mol. The number of hydrogen-bond acceptors (Lipinski definition) is 3. The Labute approximate surface area is 121 Å². The van der Waals surface area contributed by atoms with Crippen LogP contribution in [0.3, 0.4) is 0 Å². The van der Waals surface area contributed by atoms with Gasteiger partial charge >= 0.3 is 0 Å². The van der Waals surface area contributed by atoms with Gasteiger partial charge in [-0.05, 0) is 36.8 Å². The normalized spacial score (nSPS) is 11.4. The van der Waals surface area contributed by atoms with Crippen molar-refractivity contribution in [2.75, 3.05) is 11.2 Å². The van der Waals surface area contributed by atoms with E-state index in [1.165, 1.54) is 6.26 Å². The van der Waals surface area contributed by atoms with E-state index in [9.17, 15) is 4.79 Å². The molecule has 104 valence electrons. The fourth-order valence-electron chi connectivity index (χ4n) is 1.66. The van der Waals surface area contributed by atoms with Crippen molar-refractivity contribution in [1.82, 2.24) is 0 Å². The number of halogens is 1. The molecule has 0 radical (unpaired) electrons. The minimum atomic E-state index is -0.315. The van der Waals surface area contributed by atoms with Gasteiger partial charge in [-0.2, -0.15) is 0 Å². The maximum atomic E-state index is 11.9. The summed E-state index contributed by atoms with van der Waals surface area (Å²) < 4.78 is 5.04. The highest BCUT2D eigenvalue weighted by molar-refractivity contribution is 6.28. The predicted molar refractivity (Wildman–Crippen MR) is 79.8 cm³/mol.